The van der Waals surface area contributed by atoms with Gasteiger partial charge < -0.3 is 20.9 Å². The lowest BCUT2D eigenvalue weighted by Crippen LogP contribution is -2.45. The van der Waals surface area contributed by atoms with Crippen molar-refractivity contribution < 1.29 is 9.59 Å². The zero-order chi connectivity index (χ0) is 20.2. The molecule has 1 saturated heterocycles. The van der Waals surface area contributed by atoms with E-state index in [1.54, 1.807) is 0 Å². The fourth-order valence-electron chi connectivity index (χ4n) is 4.16. The fraction of sp³-hybridized carbons (Fsp3) is 0.391. The first-order valence-electron chi connectivity index (χ1n) is 10.3. The second-order valence-electron chi connectivity index (χ2n) is 7.94. The summed E-state index contributed by atoms with van der Waals surface area (Å²) in [4.78, 5) is 27.3. The number of nitrogens with zero attached hydrogens (tertiary/aromatic N) is 1. The molecule has 0 spiro atoms. The van der Waals surface area contributed by atoms with E-state index in [1.807, 2.05) is 48.2 Å². The van der Waals surface area contributed by atoms with Crippen molar-refractivity contribution in [3.63, 3.8) is 0 Å². The van der Waals surface area contributed by atoms with E-state index in [1.165, 1.54) is 0 Å². The normalized spacial score (nSPS) is 18.7. The molecule has 3 amide bonds. The first-order chi connectivity index (χ1) is 14.1. The molecule has 1 unspecified atom stereocenters. The van der Waals surface area contributed by atoms with Gasteiger partial charge in [0.1, 0.15) is 0 Å². The summed E-state index contributed by atoms with van der Waals surface area (Å²) in [6.07, 6.45) is 2.78. The summed E-state index contributed by atoms with van der Waals surface area (Å²) >= 11 is 0. The zero-order valence-corrected chi connectivity index (χ0v) is 16.8. The van der Waals surface area contributed by atoms with Crippen molar-refractivity contribution in [3.05, 3.63) is 59.2 Å². The van der Waals surface area contributed by atoms with Gasteiger partial charge in [0.25, 0.3) is 0 Å². The average molecular weight is 393 g/mol. The van der Waals surface area contributed by atoms with Crippen LogP contribution in [0.4, 0.5) is 16.2 Å². The predicted octanol–water partition coefficient (Wildman–Crippen LogP) is 3.52. The van der Waals surface area contributed by atoms with Gasteiger partial charge in [0.15, 0.2) is 0 Å². The van der Waals surface area contributed by atoms with Crippen molar-refractivity contribution >= 4 is 23.3 Å². The van der Waals surface area contributed by atoms with Crippen molar-refractivity contribution in [3.8, 4) is 0 Å². The van der Waals surface area contributed by atoms with Gasteiger partial charge in [-0.05, 0) is 62.1 Å². The number of carbonyl (C=O) groups excluding carboxylic acids is 2. The Bertz CT molecular complexity index is 888. The molecule has 2 aliphatic heterocycles. The maximum absolute atomic E-state index is 12.9. The van der Waals surface area contributed by atoms with Crippen LogP contribution in [0.15, 0.2) is 42.5 Å². The van der Waals surface area contributed by atoms with E-state index < -0.39 is 0 Å². The Hall–Kier alpha value is -2.86. The lowest BCUT2D eigenvalue weighted by Gasteiger charge is -2.34. The lowest BCUT2D eigenvalue weighted by atomic mass is 9.94. The third-order valence-electron chi connectivity index (χ3n) is 5.78. The number of nitrogens with one attached hydrogen (secondary N) is 3. The number of piperidine rings is 1. The van der Waals surface area contributed by atoms with Crippen molar-refractivity contribution in [1.82, 2.24) is 10.2 Å². The summed E-state index contributed by atoms with van der Waals surface area (Å²) in [6.45, 7) is 5.11. The molecule has 6 heteroatoms. The van der Waals surface area contributed by atoms with Gasteiger partial charge in [-0.15, -0.1) is 0 Å². The van der Waals surface area contributed by atoms with Gasteiger partial charge in [-0.1, -0.05) is 29.8 Å². The Kier molecular flexibility index (Phi) is 5.81. The third kappa shape index (κ3) is 4.59. The molecule has 152 valence electrons. The van der Waals surface area contributed by atoms with Gasteiger partial charge in [-0.3, -0.25) is 4.79 Å². The number of carbonyl (C=O) groups is 2. The molecule has 0 aliphatic carbocycles. The highest BCUT2D eigenvalue weighted by molar-refractivity contribution is 6.00. The molecule has 2 aliphatic rings. The lowest BCUT2D eigenvalue weighted by molar-refractivity contribution is -0.137. The molecule has 0 aromatic heterocycles. The molecule has 1 atom stereocenters. The van der Waals surface area contributed by atoms with E-state index >= 15 is 0 Å². The van der Waals surface area contributed by atoms with Gasteiger partial charge in [-0.25, -0.2) is 4.79 Å². The second kappa shape index (κ2) is 8.66. The van der Waals surface area contributed by atoms with Crippen molar-refractivity contribution in [2.75, 3.05) is 30.3 Å². The van der Waals surface area contributed by atoms with Gasteiger partial charge >= 0.3 is 6.03 Å². The van der Waals surface area contributed by atoms with Crippen LogP contribution in [0.5, 0.6) is 0 Å². The van der Waals surface area contributed by atoms with Crippen LogP contribution in [0.1, 0.15) is 29.5 Å². The standard InChI is InChI=1S/C23H28N4O2/c1-16-7-9-19(10-8-16)25-23(29)26-21-6-2-4-18-15-27(13-11-20(18)21)22(28)17-5-3-12-24-14-17/h2,4,6-10,17,24H,3,5,11-15H2,1H3,(H2,25,26,29). The zero-order valence-electron chi connectivity index (χ0n) is 16.8. The highest BCUT2D eigenvalue weighted by atomic mass is 16.2. The van der Waals surface area contributed by atoms with Crippen LogP contribution >= 0.6 is 0 Å². The van der Waals surface area contributed by atoms with Crippen LogP contribution < -0.4 is 16.0 Å². The predicted molar refractivity (Wildman–Crippen MR) is 115 cm³/mol. The summed E-state index contributed by atoms with van der Waals surface area (Å²) in [6, 6.07) is 13.4. The number of amides is 3. The quantitative estimate of drug-likeness (QED) is 0.748. The van der Waals surface area contributed by atoms with E-state index in [0.717, 1.165) is 60.4 Å². The topological polar surface area (TPSA) is 73.5 Å². The number of rotatable bonds is 3. The molecular formula is C23H28N4O2. The first-order valence-corrected chi connectivity index (χ1v) is 10.3. The molecular weight excluding hydrogens is 364 g/mol. The minimum atomic E-state index is -0.256. The number of aryl methyl sites for hydroxylation is 1. The fourth-order valence-corrected chi connectivity index (χ4v) is 4.16. The third-order valence-corrected chi connectivity index (χ3v) is 5.78. The second-order valence-corrected chi connectivity index (χ2v) is 7.94. The minimum Gasteiger partial charge on any atom is -0.338 e. The van der Waals surface area contributed by atoms with Crippen LogP contribution in [-0.4, -0.2) is 36.5 Å². The summed E-state index contributed by atoms with van der Waals surface area (Å²) in [5.41, 5.74) is 4.96. The molecule has 0 radical (unpaired) electrons. The van der Waals surface area contributed by atoms with Crippen LogP contribution in [0.25, 0.3) is 0 Å². The van der Waals surface area contributed by atoms with Crippen LogP contribution in [0.2, 0.25) is 0 Å². The van der Waals surface area contributed by atoms with Gasteiger partial charge in [0.2, 0.25) is 5.91 Å². The molecule has 1 fully saturated rings. The molecule has 2 aromatic carbocycles. The Morgan fingerprint density at radius 3 is 2.69 bits per heavy atom. The molecule has 0 saturated carbocycles. The summed E-state index contributed by atoms with van der Waals surface area (Å²) < 4.78 is 0. The number of hydrogen-bond donors (Lipinski definition) is 3. The average Bonchev–Trinajstić information content (AvgIpc) is 2.75. The monoisotopic (exact) mass is 392 g/mol. The minimum absolute atomic E-state index is 0.0897. The molecule has 6 nitrogen and oxygen atoms in total. The molecule has 29 heavy (non-hydrogen) atoms. The van der Waals surface area contributed by atoms with Gasteiger partial charge in [0, 0.05) is 31.0 Å². The number of urea groups is 1. The summed E-state index contributed by atoms with van der Waals surface area (Å²) in [5, 5.41) is 9.18. The van der Waals surface area contributed by atoms with Crippen LogP contribution in [0, 0.1) is 12.8 Å². The molecule has 4 rings (SSSR count). The van der Waals surface area contributed by atoms with Crippen LogP contribution in [-0.2, 0) is 17.8 Å². The summed E-state index contributed by atoms with van der Waals surface area (Å²) in [5.74, 6) is 0.338. The number of benzene rings is 2. The smallest absolute Gasteiger partial charge is 0.323 e. The highest BCUT2D eigenvalue weighted by Crippen LogP contribution is 2.28. The van der Waals surface area contributed by atoms with Crippen molar-refractivity contribution in [1.29, 1.82) is 0 Å². The summed E-state index contributed by atoms with van der Waals surface area (Å²) in [7, 11) is 0. The Morgan fingerprint density at radius 2 is 1.93 bits per heavy atom. The van der Waals surface area contributed by atoms with Gasteiger partial charge in [-0.2, -0.15) is 0 Å². The van der Waals surface area contributed by atoms with E-state index in [2.05, 4.69) is 22.0 Å². The first kappa shape index (κ1) is 19.5. The molecule has 0 bridgehead atoms. The van der Waals surface area contributed by atoms with E-state index in [-0.39, 0.29) is 17.9 Å². The maximum Gasteiger partial charge on any atom is 0.323 e. The number of hydrogen-bond acceptors (Lipinski definition) is 3. The van der Waals surface area contributed by atoms with Crippen LogP contribution in [0.3, 0.4) is 0 Å². The Labute approximate surface area is 171 Å². The molecule has 3 N–H and O–H groups in total. The number of anilines is 2. The highest BCUT2D eigenvalue weighted by Gasteiger charge is 2.29. The Balaban J connectivity index is 1.42. The van der Waals surface area contributed by atoms with Crippen molar-refractivity contribution in [2.45, 2.75) is 32.7 Å². The van der Waals surface area contributed by atoms with E-state index in [9.17, 15) is 9.59 Å². The van der Waals surface area contributed by atoms with Gasteiger partial charge in [0.05, 0.1) is 5.92 Å². The Morgan fingerprint density at radius 1 is 1.10 bits per heavy atom. The maximum atomic E-state index is 12.9. The largest absolute Gasteiger partial charge is 0.338 e. The molecule has 2 heterocycles. The molecule has 2 aromatic rings. The van der Waals surface area contributed by atoms with E-state index in [4.69, 9.17) is 0 Å². The SMILES string of the molecule is Cc1ccc(NC(=O)Nc2cccc3c2CCN(C(=O)C2CCCNC2)C3)cc1. The number of fused-ring (bicyclic) bond motifs is 1. The van der Waals surface area contributed by atoms with E-state index in [0.29, 0.717) is 13.1 Å². The van der Waals surface area contributed by atoms with Crippen molar-refractivity contribution in [2.24, 2.45) is 5.92 Å².